The SMILES string of the molecule is CCCCCCC(C)=C(O)C1CC1. The summed E-state index contributed by atoms with van der Waals surface area (Å²) in [5.41, 5.74) is 1.23. The molecule has 0 amide bonds. The zero-order valence-electron chi connectivity index (χ0n) is 8.97. The van der Waals surface area contributed by atoms with E-state index < -0.39 is 0 Å². The van der Waals surface area contributed by atoms with Crippen molar-refractivity contribution in [3.8, 4) is 0 Å². The number of allylic oxidation sites excluding steroid dienone is 2. The second-order valence-electron chi connectivity index (χ2n) is 4.25. The summed E-state index contributed by atoms with van der Waals surface area (Å²) in [6.07, 6.45) is 8.69. The molecule has 1 fully saturated rings. The Morgan fingerprint density at radius 1 is 1.23 bits per heavy atom. The Morgan fingerprint density at radius 3 is 2.46 bits per heavy atom. The summed E-state index contributed by atoms with van der Waals surface area (Å²) < 4.78 is 0. The van der Waals surface area contributed by atoms with Crippen LogP contribution in [0.3, 0.4) is 0 Å². The van der Waals surface area contributed by atoms with E-state index in [1.54, 1.807) is 0 Å². The average molecular weight is 182 g/mol. The molecule has 1 nitrogen and oxygen atoms in total. The molecule has 0 spiro atoms. The van der Waals surface area contributed by atoms with Crippen LogP contribution in [0, 0.1) is 5.92 Å². The van der Waals surface area contributed by atoms with Crippen LogP contribution in [0.15, 0.2) is 11.3 Å². The van der Waals surface area contributed by atoms with Crippen LogP contribution in [0.2, 0.25) is 0 Å². The molecule has 0 aromatic rings. The van der Waals surface area contributed by atoms with Crippen molar-refractivity contribution in [3.05, 3.63) is 11.3 Å². The second-order valence-corrected chi connectivity index (χ2v) is 4.25. The molecule has 0 atom stereocenters. The van der Waals surface area contributed by atoms with Crippen LogP contribution in [0.25, 0.3) is 0 Å². The molecule has 0 saturated heterocycles. The van der Waals surface area contributed by atoms with E-state index in [2.05, 4.69) is 13.8 Å². The maximum Gasteiger partial charge on any atom is 0.0942 e. The number of unbranched alkanes of at least 4 members (excludes halogenated alkanes) is 3. The van der Waals surface area contributed by atoms with Crippen molar-refractivity contribution in [1.29, 1.82) is 0 Å². The molecule has 1 aliphatic rings. The van der Waals surface area contributed by atoms with Crippen LogP contribution in [-0.2, 0) is 0 Å². The molecule has 0 heterocycles. The Labute approximate surface area is 81.9 Å². The molecule has 1 N–H and O–H groups in total. The van der Waals surface area contributed by atoms with Gasteiger partial charge in [-0.2, -0.15) is 0 Å². The Balaban J connectivity index is 2.15. The van der Waals surface area contributed by atoms with Gasteiger partial charge in [0.05, 0.1) is 5.76 Å². The van der Waals surface area contributed by atoms with E-state index >= 15 is 0 Å². The average Bonchev–Trinajstić information content (AvgIpc) is 2.94. The van der Waals surface area contributed by atoms with E-state index in [9.17, 15) is 5.11 Å². The fourth-order valence-electron chi connectivity index (χ4n) is 1.65. The third-order valence-electron chi connectivity index (χ3n) is 2.81. The van der Waals surface area contributed by atoms with Gasteiger partial charge in [-0.1, -0.05) is 26.2 Å². The quantitative estimate of drug-likeness (QED) is 0.482. The lowest BCUT2D eigenvalue weighted by molar-refractivity contribution is 0.368. The van der Waals surface area contributed by atoms with Gasteiger partial charge in [-0.25, -0.2) is 0 Å². The van der Waals surface area contributed by atoms with Gasteiger partial charge < -0.3 is 5.11 Å². The van der Waals surface area contributed by atoms with Gasteiger partial charge in [-0.3, -0.25) is 0 Å². The van der Waals surface area contributed by atoms with E-state index in [1.807, 2.05) is 0 Å². The van der Waals surface area contributed by atoms with Gasteiger partial charge in [0.2, 0.25) is 0 Å². The first-order chi connectivity index (χ1) is 6.25. The predicted molar refractivity (Wildman–Crippen MR) is 56.8 cm³/mol. The van der Waals surface area contributed by atoms with Crippen molar-refractivity contribution in [2.75, 3.05) is 0 Å². The molecular weight excluding hydrogens is 160 g/mol. The van der Waals surface area contributed by atoms with Gasteiger partial charge >= 0.3 is 0 Å². The number of rotatable bonds is 6. The summed E-state index contributed by atoms with van der Waals surface area (Å²) in [7, 11) is 0. The molecule has 13 heavy (non-hydrogen) atoms. The number of aliphatic hydroxyl groups is 1. The van der Waals surface area contributed by atoms with Crippen LogP contribution in [0.5, 0.6) is 0 Å². The Kier molecular flexibility index (Phi) is 4.34. The van der Waals surface area contributed by atoms with Gasteiger partial charge in [-0.15, -0.1) is 0 Å². The third kappa shape index (κ3) is 3.84. The first-order valence-electron chi connectivity index (χ1n) is 5.64. The number of hydrogen-bond donors (Lipinski definition) is 1. The molecule has 76 valence electrons. The standard InChI is InChI=1S/C12H22O/c1-3-4-5-6-7-10(2)12(13)11-8-9-11/h11,13H,3-9H2,1-2H3. The van der Waals surface area contributed by atoms with Crippen molar-refractivity contribution >= 4 is 0 Å². The highest BCUT2D eigenvalue weighted by atomic mass is 16.3. The summed E-state index contributed by atoms with van der Waals surface area (Å²) in [6.45, 7) is 4.31. The Hall–Kier alpha value is -0.460. The zero-order valence-corrected chi connectivity index (χ0v) is 8.97. The molecule has 0 aliphatic heterocycles. The monoisotopic (exact) mass is 182 g/mol. The molecule has 0 unspecified atom stereocenters. The highest BCUT2D eigenvalue weighted by Crippen LogP contribution is 2.37. The smallest absolute Gasteiger partial charge is 0.0942 e. The van der Waals surface area contributed by atoms with Crippen molar-refractivity contribution in [2.24, 2.45) is 5.92 Å². The molecule has 0 aromatic heterocycles. The van der Waals surface area contributed by atoms with Crippen LogP contribution in [0.1, 0.15) is 58.8 Å². The van der Waals surface area contributed by atoms with E-state index in [0.717, 1.165) is 6.42 Å². The zero-order chi connectivity index (χ0) is 9.68. The van der Waals surface area contributed by atoms with E-state index in [-0.39, 0.29) is 0 Å². The number of aliphatic hydroxyl groups excluding tert-OH is 1. The normalized spacial score (nSPS) is 18.6. The maximum atomic E-state index is 9.69. The van der Waals surface area contributed by atoms with Crippen LogP contribution < -0.4 is 0 Å². The summed E-state index contributed by atoms with van der Waals surface area (Å²) in [5, 5.41) is 9.69. The molecule has 1 saturated carbocycles. The molecule has 0 radical (unpaired) electrons. The fourth-order valence-corrected chi connectivity index (χ4v) is 1.65. The van der Waals surface area contributed by atoms with Crippen molar-refractivity contribution in [2.45, 2.75) is 58.8 Å². The number of hydrogen-bond acceptors (Lipinski definition) is 1. The topological polar surface area (TPSA) is 20.2 Å². The molecule has 1 rings (SSSR count). The highest BCUT2D eigenvalue weighted by Gasteiger charge is 2.26. The molecule has 0 aromatic carbocycles. The Bertz CT molecular complexity index is 178. The lowest BCUT2D eigenvalue weighted by Gasteiger charge is -2.04. The van der Waals surface area contributed by atoms with E-state index in [1.165, 1.54) is 44.1 Å². The van der Waals surface area contributed by atoms with Crippen LogP contribution in [-0.4, -0.2) is 5.11 Å². The van der Waals surface area contributed by atoms with Gasteiger partial charge in [0.1, 0.15) is 0 Å². The summed E-state index contributed by atoms with van der Waals surface area (Å²) >= 11 is 0. The molecular formula is C12H22O. The minimum Gasteiger partial charge on any atom is -0.512 e. The second kappa shape index (κ2) is 5.31. The predicted octanol–water partition coefficient (Wildman–Crippen LogP) is 4.20. The summed E-state index contributed by atoms with van der Waals surface area (Å²) in [4.78, 5) is 0. The largest absolute Gasteiger partial charge is 0.512 e. The minimum atomic E-state index is 0.533. The summed E-state index contributed by atoms with van der Waals surface area (Å²) in [5.74, 6) is 1.24. The van der Waals surface area contributed by atoms with Gasteiger partial charge in [0, 0.05) is 5.92 Å². The lowest BCUT2D eigenvalue weighted by Crippen LogP contribution is -1.90. The fraction of sp³-hybridized carbons (Fsp3) is 0.833. The van der Waals surface area contributed by atoms with Crippen LogP contribution in [0.4, 0.5) is 0 Å². The van der Waals surface area contributed by atoms with E-state index in [0.29, 0.717) is 11.7 Å². The molecule has 0 bridgehead atoms. The third-order valence-corrected chi connectivity index (χ3v) is 2.81. The van der Waals surface area contributed by atoms with Gasteiger partial charge in [-0.05, 0) is 38.2 Å². The Morgan fingerprint density at radius 2 is 1.92 bits per heavy atom. The molecule has 1 aliphatic carbocycles. The van der Waals surface area contributed by atoms with Crippen molar-refractivity contribution < 1.29 is 5.11 Å². The first kappa shape index (κ1) is 10.6. The van der Waals surface area contributed by atoms with Crippen molar-refractivity contribution in [1.82, 2.24) is 0 Å². The van der Waals surface area contributed by atoms with Gasteiger partial charge in [0.15, 0.2) is 0 Å². The van der Waals surface area contributed by atoms with Crippen molar-refractivity contribution in [3.63, 3.8) is 0 Å². The highest BCUT2D eigenvalue weighted by molar-refractivity contribution is 5.12. The molecule has 1 heteroatoms. The maximum absolute atomic E-state index is 9.69. The van der Waals surface area contributed by atoms with E-state index in [4.69, 9.17) is 0 Å². The van der Waals surface area contributed by atoms with Crippen LogP contribution >= 0.6 is 0 Å². The summed E-state index contributed by atoms with van der Waals surface area (Å²) in [6, 6.07) is 0. The minimum absolute atomic E-state index is 0.533. The first-order valence-corrected chi connectivity index (χ1v) is 5.64. The van der Waals surface area contributed by atoms with Gasteiger partial charge in [0.25, 0.3) is 0 Å². The lowest BCUT2D eigenvalue weighted by atomic mass is 10.1.